The average molecular weight is 434 g/mol. The predicted octanol–water partition coefficient (Wildman–Crippen LogP) is 3.19. The number of halogens is 1. The maximum absolute atomic E-state index is 12.6. The fourth-order valence-corrected chi connectivity index (χ4v) is 3.21. The Hall–Kier alpha value is -2.90. The highest BCUT2D eigenvalue weighted by molar-refractivity contribution is 6.31. The lowest BCUT2D eigenvalue weighted by molar-refractivity contribution is -0.874. The van der Waals surface area contributed by atoms with E-state index in [2.05, 4.69) is 5.32 Å². The average Bonchev–Trinajstić information content (AvgIpc) is 2.67. The molecule has 1 amide bonds. The molecule has 160 valence electrons. The zero-order valence-corrected chi connectivity index (χ0v) is 18.3. The fraction of sp³-hybridized carbons (Fsp3) is 0.318. The van der Waals surface area contributed by atoms with Gasteiger partial charge in [-0.15, -0.1) is 0 Å². The van der Waals surface area contributed by atoms with Crippen molar-refractivity contribution in [1.29, 1.82) is 0 Å². The van der Waals surface area contributed by atoms with E-state index in [1.165, 1.54) is 13.2 Å². The van der Waals surface area contributed by atoms with E-state index in [1.807, 2.05) is 30.3 Å². The fourth-order valence-electron chi connectivity index (χ4n) is 2.94. The Morgan fingerprint density at radius 1 is 1.07 bits per heavy atom. The molecule has 0 aromatic heterocycles. The third-order valence-electron chi connectivity index (χ3n) is 4.34. The van der Waals surface area contributed by atoms with Gasteiger partial charge in [0.05, 0.1) is 32.5 Å². The molecule has 8 heteroatoms. The molecule has 0 radical (unpaired) electrons. The van der Waals surface area contributed by atoms with E-state index in [1.54, 1.807) is 27.1 Å². The maximum atomic E-state index is 12.6. The largest absolute Gasteiger partial charge is 0.465 e. The second kappa shape index (κ2) is 10.2. The highest BCUT2D eigenvalue weighted by Crippen LogP contribution is 2.26. The highest BCUT2D eigenvalue weighted by atomic mass is 35.5. The van der Waals surface area contributed by atoms with Crippen molar-refractivity contribution in [3.63, 3.8) is 0 Å². The number of nitrogens with zero attached hydrogens (tertiary/aromatic N) is 1. The van der Waals surface area contributed by atoms with E-state index in [-0.39, 0.29) is 35.7 Å². The first-order chi connectivity index (χ1) is 14.1. The van der Waals surface area contributed by atoms with Gasteiger partial charge in [0.1, 0.15) is 6.61 Å². The number of hydrogen-bond donors (Lipinski definition) is 1. The number of nitrogens with one attached hydrogen (secondary N) is 1. The smallest absolute Gasteiger partial charge is 0.362 e. The van der Waals surface area contributed by atoms with Gasteiger partial charge in [-0.1, -0.05) is 41.9 Å². The number of benzene rings is 2. The van der Waals surface area contributed by atoms with Gasteiger partial charge in [0.2, 0.25) is 0 Å². The number of anilines is 1. The van der Waals surface area contributed by atoms with Gasteiger partial charge in [-0.05, 0) is 30.2 Å². The second-order valence-corrected chi connectivity index (χ2v) is 8.02. The number of ether oxygens (including phenoxy) is 2. The summed E-state index contributed by atoms with van der Waals surface area (Å²) in [5, 5.41) is 3.11. The summed E-state index contributed by atoms with van der Waals surface area (Å²) in [6, 6.07) is 12.4. The summed E-state index contributed by atoms with van der Waals surface area (Å²) < 4.78 is 10.2. The summed E-state index contributed by atoms with van der Waals surface area (Å²) in [6.45, 7) is 1.93. The molecule has 0 spiro atoms. The van der Waals surface area contributed by atoms with Crippen LogP contribution in [0.3, 0.4) is 0 Å². The third kappa shape index (κ3) is 6.86. The van der Waals surface area contributed by atoms with Crippen LogP contribution in [0.1, 0.15) is 21.5 Å². The van der Waals surface area contributed by atoms with Gasteiger partial charge in [0.25, 0.3) is 5.91 Å². The zero-order valence-electron chi connectivity index (χ0n) is 17.5. The summed E-state index contributed by atoms with van der Waals surface area (Å²) in [4.78, 5) is 36.9. The molecule has 1 N–H and O–H groups in total. The van der Waals surface area contributed by atoms with Crippen LogP contribution in [-0.4, -0.2) is 56.6 Å². The van der Waals surface area contributed by atoms with Crippen molar-refractivity contribution in [3.8, 4) is 0 Å². The second-order valence-electron chi connectivity index (χ2n) is 7.58. The highest BCUT2D eigenvalue weighted by Gasteiger charge is 2.26. The number of quaternary nitrogens is 1. The number of amides is 1. The quantitative estimate of drug-likeness (QED) is 0.510. The number of carbonyl (C=O) groups excluding carboxylic acids is 3. The third-order valence-corrected chi connectivity index (χ3v) is 4.56. The minimum Gasteiger partial charge on any atom is -0.465 e. The van der Waals surface area contributed by atoms with E-state index in [0.717, 1.165) is 5.56 Å². The minimum absolute atomic E-state index is 0.00309. The lowest BCUT2D eigenvalue weighted by Crippen LogP contribution is -2.49. The van der Waals surface area contributed by atoms with Crippen LogP contribution >= 0.6 is 11.6 Å². The van der Waals surface area contributed by atoms with Crippen LogP contribution in [0, 0.1) is 6.92 Å². The Kier molecular flexibility index (Phi) is 7.97. The number of hydrogen-bond acceptors (Lipinski definition) is 5. The first-order valence-corrected chi connectivity index (χ1v) is 9.69. The SMILES string of the molecule is COC(=O)c1cc(Cl)cc(C)c1NC(=O)C[N+](C)(C)CC(=O)OCc1ccccc1. The summed E-state index contributed by atoms with van der Waals surface area (Å²) in [6.07, 6.45) is 0. The Labute approximate surface area is 181 Å². The molecule has 30 heavy (non-hydrogen) atoms. The molecule has 0 heterocycles. The first kappa shape index (κ1) is 23.4. The van der Waals surface area contributed by atoms with Crippen molar-refractivity contribution in [2.24, 2.45) is 0 Å². The Morgan fingerprint density at radius 2 is 1.73 bits per heavy atom. The normalized spacial score (nSPS) is 11.0. The molecule has 0 atom stereocenters. The van der Waals surface area contributed by atoms with Crippen LogP contribution in [0.15, 0.2) is 42.5 Å². The Morgan fingerprint density at radius 3 is 2.37 bits per heavy atom. The van der Waals surface area contributed by atoms with E-state index in [4.69, 9.17) is 21.1 Å². The topological polar surface area (TPSA) is 81.7 Å². The molecule has 0 aliphatic carbocycles. The molecule has 0 fully saturated rings. The number of carbonyl (C=O) groups is 3. The van der Waals surface area contributed by atoms with Crippen molar-refractivity contribution >= 4 is 35.1 Å². The van der Waals surface area contributed by atoms with E-state index in [0.29, 0.717) is 16.3 Å². The van der Waals surface area contributed by atoms with Gasteiger partial charge in [0, 0.05) is 5.02 Å². The molecule has 2 aromatic rings. The van der Waals surface area contributed by atoms with Gasteiger partial charge in [-0.25, -0.2) is 9.59 Å². The lowest BCUT2D eigenvalue weighted by Gasteiger charge is -2.28. The van der Waals surface area contributed by atoms with Crippen molar-refractivity contribution in [2.75, 3.05) is 39.6 Å². The van der Waals surface area contributed by atoms with E-state index >= 15 is 0 Å². The number of esters is 2. The summed E-state index contributed by atoms with van der Waals surface area (Å²) in [7, 11) is 4.75. The number of rotatable bonds is 8. The summed E-state index contributed by atoms with van der Waals surface area (Å²) in [5.74, 6) is -1.37. The number of methoxy groups -OCH3 is 1. The van der Waals surface area contributed by atoms with E-state index in [9.17, 15) is 14.4 Å². The summed E-state index contributed by atoms with van der Waals surface area (Å²) in [5.41, 5.74) is 2.03. The first-order valence-electron chi connectivity index (χ1n) is 9.31. The van der Waals surface area contributed by atoms with Crippen LogP contribution in [-0.2, 0) is 25.7 Å². The molecule has 0 saturated heterocycles. The maximum Gasteiger partial charge on any atom is 0.362 e. The molecule has 0 aliphatic heterocycles. The lowest BCUT2D eigenvalue weighted by atomic mass is 10.1. The number of likely N-dealkylation sites (N-methyl/N-ethyl adjacent to an activating group) is 1. The summed E-state index contributed by atoms with van der Waals surface area (Å²) >= 11 is 6.02. The molecule has 2 rings (SSSR count). The molecule has 7 nitrogen and oxygen atoms in total. The van der Waals surface area contributed by atoms with Gasteiger partial charge >= 0.3 is 11.9 Å². The molecule has 0 aliphatic rings. The molecule has 2 aromatic carbocycles. The van der Waals surface area contributed by atoms with Crippen molar-refractivity contribution in [2.45, 2.75) is 13.5 Å². The Balaban J connectivity index is 1.99. The standard InChI is InChI=1S/C22H25ClN2O5/c1-15-10-17(23)11-18(22(28)29-4)21(15)24-19(26)12-25(2,3)13-20(27)30-14-16-8-6-5-7-9-16/h5-11H,12-14H2,1-4H3/p+1. The van der Waals surface area contributed by atoms with Gasteiger partial charge in [0.15, 0.2) is 13.1 Å². The van der Waals surface area contributed by atoms with Gasteiger partial charge < -0.3 is 19.3 Å². The van der Waals surface area contributed by atoms with Crippen LogP contribution in [0.5, 0.6) is 0 Å². The van der Waals surface area contributed by atoms with Gasteiger partial charge in [-0.3, -0.25) is 4.79 Å². The Bertz CT molecular complexity index is 929. The minimum atomic E-state index is -0.603. The molecule has 0 bridgehead atoms. The molecule has 0 unspecified atom stereocenters. The van der Waals surface area contributed by atoms with Crippen LogP contribution in [0.25, 0.3) is 0 Å². The van der Waals surface area contributed by atoms with E-state index < -0.39 is 11.9 Å². The van der Waals surface area contributed by atoms with Crippen molar-refractivity contribution < 1.29 is 28.3 Å². The molecule has 0 saturated carbocycles. The zero-order chi connectivity index (χ0) is 22.3. The van der Waals surface area contributed by atoms with Crippen LogP contribution in [0.4, 0.5) is 5.69 Å². The predicted molar refractivity (Wildman–Crippen MR) is 114 cm³/mol. The number of aryl methyl sites for hydroxylation is 1. The van der Waals surface area contributed by atoms with Gasteiger partial charge in [-0.2, -0.15) is 0 Å². The van der Waals surface area contributed by atoms with Crippen LogP contribution < -0.4 is 5.32 Å². The van der Waals surface area contributed by atoms with Crippen molar-refractivity contribution in [1.82, 2.24) is 0 Å². The molecular weight excluding hydrogens is 408 g/mol. The van der Waals surface area contributed by atoms with Crippen molar-refractivity contribution in [3.05, 3.63) is 64.2 Å². The van der Waals surface area contributed by atoms with Crippen LogP contribution in [0.2, 0.25) is 5.02 Å². The molecular formula is C22H26ClN2O5+. The monoisotopic (exact) mass is 433 g/mol.